The second-order valence-electron chi connectivity index (χ2n) is 2.92. The van der Waals surface area contributed by atoms with Crippen molar-refractivity contribution >= 4 is 5.97 Å². The van der Waals surface area contributed by atoms with E-state index >= 15 is 0 Å². The predicted molar refractivity (Wildman–Crippen MR) is 39.2 cm³/mol. The predicted octanol–water partition coefficient (Wildman–Crippen LogP) is -0.569. The fraction of sp³-hybridized carbons (Fsp3) is 0.857. The smallest absolute Gasteiger partial charge is 0.303 e. The minimum atomic E-state index is -0.835. The fourth-order valence-electron chi connectivity index (χ4n) is 1.34. The van der Waals surface area contributed by atoms with Crippen LogP contribution in [0.25, 0.3) is 0 Å². The van der Waals surface area contributed by atoms with Crippen LogP contribution < -0.4 is 5.32 Å². The summed E-state index contributed by atoms with van der Waals surface area (Å²) in [4.78, 5) is 10.3. The van der Waals surface area contributed by atoms with Gasteiger partial charge in [0.1, 0.15) is 0 Å². The number of piperidine rings is 1. The number of carbonyl (C=O) groups is 1. The molecule has 1 aliphatic heterocycles. The normalized spacial score (nSPS) is 31.7. The molecule has 0 saturated carbocycles. The average molecular weight is 159 g/mol. The van der Waals surface area contributed by atoms with E-state index in [1.165, 1.54) is 0 Å². The van der Waals surface area contributed by atoms with E-state index in [9.17, 15) is 9.90 Å². The van der Waals surface area contributed by atoms with Gasteiger partial charge in [0.25, 0.3) is 0 Å². The third-order valence-corrected chi connectivity index (χ3v) is 2.00. The van der Waals surface area contributed by atoms with Crippen molar-refractivity contribution in [3.05, 3.63) is 0 Å². The van der Waals surface area contributed by atoms with Crippen molar-refractivity contribution in [1.29, 1.82) is 0 Å². The number of aliphatic carboxylic acids is 1. The minimum absolute atomic E-state index is 0.0637. The Hall–Kier alpha value is -0.610. The number of hydrogen-bond acceptors (Lipinski definition) is 3. The van der Waals surface area contributed by atoms with Gasteiger partial charge in [-0.3, -0.25) is 4.79 Å². The third kappa shape index (κ3) is 2.48. The first kappa shape index (κ1) is 8.49. The molecule has 0 bridgehead atoms. The number of carboxylic acids is 1. The Morgan fingerprint density at radius 3 is 2.91 bits per heavy atom. The Morgan fingerprint density at radius 2 is 2.36 bits per heavy atom. The van der Waals surface area contributed by atoms with Crippen LogP contribution in [0.15, 0.2) is 0 Å². The maximum Gasteiger partial charge on any atom is 0.303 e. The van der Waals surface area contributed by atoms with Gasteiger partial charge >= 0.3 is 5.97 Å². The minimum Gasteiger partial charge on any atom is -0.481 e. The standard InChI is InChI=1S/C7H13NO3/c9-6-1-2-8-4-5(6)3-7(10)11/h5-6,8-9H,1-4H2,(H,10,11). The van der Waals surface area contributed by atoms with Crippen molar-refractivity contribution in [3.63, 3.8) is 0 Å². The summed E-state index contributed by atoms with van der Waals surface area (Å²) in [6.07, 6.45) is 0.291. The van der Waals surface area contributed by atoms with Gasteiger partial charge in [-0.05, 0) is 13.0 Å². The highest BCUT2D eigenvalue weighted by Crippen LogP contribution is 2.14. The van der Waals surface area contributed by atoms with Crippen molar-refractivity contribution < 1.29 is 15.0 Å². The van der Waals surface area contributed by atoms with E-state index in [1.807, 2.05) is 0 Å². The van der Waals surface area contributed by atoms with Crippen molar-refractivity contribution in [1.82, 2.24) is 5.32 Å². The van der Waals surface area contributed by atoms with E-state index in [0.29, 0.717) is 13.0 Å². The second-order valence-corrected chi connectivity index (χ2v) is 2.92. The molecule has 1 rings (SSSR count). The molecule has 0 spiro atoms. The van der Waals surface area contributed by atoms with E-state index < -0.39 is 12.1 Å². The maximum absolute atomic E-state index is 10.3. The lowest BCUT2D eigenvalue weighted by Gasteiger charge is -2.26. The van der Waals surface area contributed by atoms with E-state index in [2.05, 4.69) is 5.32 Å². The molecular weight excluding hydrogens is 146 g/mol. The molecule has 0 aliphatic carbocycles. The summed E-state index contributed by atoms with van der Waals surface area (Å²) in [5.41, 5.74) is 0. The fourth-order valence-corrected chi connectivity index (χ4v) is 1.34. The number of nitrogens with one attached hydrogen (secondary N) is 1. The highest BCUT2D eigenvalue weighted by molar-refractivity contribution is 5.67. The van der Waals surface area contributed by atoms with Gasteiger partial charge in [-0.2, -0.15) is 0 Å². The molecule has 0 aromatic rings. The molecule has 1 saturated heterocycles. The number of rotatable bonds is 2. The lowest BCUT2D eigenvalue weighted by atomic mass is 9.93. The zero-order valence-corrected chi connectivity index (χ0v) is 6.29. The highest BCUT2D eigenvalue weighted by Gasteiger charge is 2.24. The van der Waals surface area contributed by atoms with Crippen molar-refractivity contribution in [2.24, 2.45) is 5.92 Å². The molecule has 2 atom stereocenters. The summed E-state index contributed by atoms with van der Waals surface area (Å²) >= 11 is 0. The molecule has 0 amide bonds. The number of aliphatic hydroxyl groups excluding tert-OH is 1. The summed E-state index contributed by atoms with van der Waals surface area (Å²) in [6.45, 7) is 1.41. The summed E-state index contributed by atoms with van der Waals surface area (Å²) in [5.74, 6) is -0.945. The molecule has 0 aromatic heterocycles. The quantitative estimate of drug-likeness (QED) is 0.504. The van der Waals surface area contributed by atoms with Crippen molar-refractivity contribution in [3.8, 4) is 0 Å². The van der Waals surface area contributed by atoms with Gasteiger partial charge in [-0.1, -0.05) is 0 Å². The molecule has 1 fully saturated rings. The van der Waals surface area contributed by atoms with E-state index in [0.717, 1.165) is 6.54 Å². The van der Waals surface area contributed by atoms with Gasteiger partial charge in [-0.15, -0.1) is 0 Å². The Morgan fingerprint density at radius 1 is 1.64 bits per heavy atom. The zero-order valence-electron chi connectivity index (χ0n) is 6.29. The Kier molecular flexibility index (Phi) is 2.84. The first-order valence-corrected chi connectivity index (χ1v) is 3.80. The molecular formula is C7H13NO3. The monoisotopic (exact) mass is 159 g/mol. The molecule has 0 radical (unpaired) electrons. The first-order valence-electron chi connectivity index (χ1n) is 3.80. The molecule has 1 aliphatic rings. The number of carboxylic acid groups (broad SMARTS) is 1. The molecule has 4 nitrogen and oxygen atoms in total. The topological polar surface area (TPSA) is 69.6 Å². The zero-order chi connectivity index (χ0) is 8.27. The molecule has 0 aromatic carbocycles. The Bertz CT molecular complexity index is 149. The van der Waals surface area contributed by atoms with Crippen LogP contribution in [0.5, 0.6) is 0 Å². The van der Waals surface area contributed by atoms with Gasteiger partial charge in [-0.25, -0.2) is 0 Å². The van der Waals surface area contributed by atoms with Crippen LogP contribution >= 0.6 is 0 Å². The van der Waals surface area contributed by atoms with Crippen LogP contribution in [0.1, 0.15) is 12.8 Å². The van der Waals surface area contributed by atoms with Crippen LogP contribution in [0.3, 0.4) is 0 Å². The average Bonchev–Trinajstić information content (AvgIpc) is 1.93. The maximum atomic E-state index is 10.3. The Labute approximate surface area is 65.2 Å². The molecule has 4 heteroatoms. The molecule has 11 heavy (non-hydrogen) atoms. The van der Waals surface area contributed by atoms with Crippen LogP contribution in [-0.2, 0) is 4.79 Å². The SMILES string of the molecule is O=C(O)CC1CNCCC1O. The molecule has 1 heterocycles. The lowest BCUT2D eigenvalue weighted by Crippen LogP contribution is -2.40. The summed E-state index contributed by atoms with van der Waals surface area (Å²) in [7, 11) is 0. The van der Waals surface area contributed by atoms with Gasteiger partial charge in [0.05, 0.1) is 12.5 Å². The summed E-state index contributed by atoms with van der Waals surface area (Å²) in [5, 5.41) is 20.8. The number of aliphatic hydroxyl groups is 1. The summed E-state index contributed by atoms with van der Waals surface area (Å²) in [6, 6.07) is 0. The number of hydrogen-bond donors (Lipinski definition) is 3. The third-order valence-electron chi connectivity index (χ3n) is 2.00. The van der Waals surface area contributed by atoms with Crippen LogP contribution in [0, 0.1) is 5.92 Å². The van der Waals surface area contributed by atoms with E-state index in [1.54, 1.807) is 0 Å². The Balaban J connectivity index is 2.35. The largest absolute Gasteiger partial charge is 0.481 e. The van der Waals surface area contributed by atoms with E-state index in [-0.39, 0.29) is 12.3 Å². The summed E-state index contributed by atoms with van der Waals surface area (Å²) < 4.78 is 0. The van der Waals surface area contributed by atoms with Gasteiger partial charge in [0.15, 0.2) is 0 Å². The van der Waals surface area contributed by atoms with Crippen LogP contribution in [0.2, 0.25) is 0 Å². The van der Waals surface area contributed by atoms with Crippen LogP contribution in [0.4, 0.5) is 0 Å². The van der Waals surface area contributed by atoms with Gasteiger partial charge in [0.2, 0.25) is 0 Å². The first-order chi connectivity index (χ1) is 5.20. The molecule has 64 valence electrons. The lowest BCUT2D eigenvalue weighted by molar-refractivity contribution is -0.139. The van der Waals surface area contributed by atoms with Crippen LogP contribution in [-0.4, -0.2) is 35.4 Å². The molecule has 2 unspecified atom stereocenters. The van der Waals surface area contributed by atoms with Crippen molar-refractivity contribution in [2.75, 3.05) is 13.1 Å². The van der Waals surface area contributed by atoms with Crippen molar-refractivity contribution in [2.45, 2.75) is 18.9 Å². The van der Waals surface area contributed by atoms with Gasteiger partial charge in [0, 0.05) is 12.5 Å². The second kappa shape index (κ2) is 3.69. The van der Waals surface area contributed by atoms with E-state index in [4.69, 9.17) is 5.11 Å². The highest BCUT2D eigenvalue weighted by atomic mass is 16.4. The van der Waals surface area contributed by atoms with Gasteiger partial charge < -0.3 is 15.5 Å². The molecule has 3 N–H and O–H groups in total.